The minimum absolute atomic E-state index is 0.222. The molecule has 1 fully saturated rings. The third kappa shape index (κ3) is 1.58. The first kappa shape index (κ1) is 9.41. The lowest BCUT2D eigenvalue weighted by atomic mass is 9.93. The van der Waals surface area contributed by atoms with Crippen molar-refractivity contribution in [3.63, 3.8) is 0 Å². The van der Waals surface area contributed by atoms with Gasteiger partial charge < -0.3 is 9.53 Å². The molecule has 2 unspecified atom stereocenters. The van der Waals surface area contributed by atoms with E-state index in [-0.39, 0.29) is 11.7 Å². The van der Waals surface area contributed by atoms with Gasteiger partial charge in [0.15, 0.2) is 0 Å². The average molecular weight is 190 g/mol. The second-order valence-corrected chi connectivity index (χ2v) is 3.93. The summed E-state index contributed by atoms with van der Waals surface area (Å²) in [6.45, 7) is 2.05. The van der Waals surface area contributed by atoms with E-state index in [0.29, 0.717) is 0 Å². The number of carbonyl (C=O) groups is 1. The van der Waals surface area contributed by atoms with Gasteiger partial charge in [-0.3, -0.25) is 0 Å². The van der Waals surface area contributed by atoms with Crippen LogP contribution in [0.2, 0.25) is 0 Å². The van der Waals surface area contributed by atoms with Crippen LogP contribution in [0.15, 0.2) is 30.3 Å². The van der Waals surface area contributed by atoms with Crippen molar-refractivity contribution in [2.45, 2.75) is 31.5 Å². The number of hydrogen-bond donors (Lipinski definition) is 0. The summed E-state index contributed by atoms with van der Waals surface area (Å²) in [7, 11) is 0. The number of hydrogen-bond acceptors (Lipinski definition) is 2. The van der Waals surface area contributed by atoms with E-state index in [0.717, 1.165) is 24.7 Å². The van der Waals surface area contributed by atoms with Crippen molar-refractivity contribution in [1.82, 2.24) is 0 Å². The van der Waals surface area contributed by atoms with Crippen molar-refractivity contribution in [2.24, 2.45) is 0 Å². The molecule has 1 aliphatic rings. The normalized spacial score (nSPS) is 31.6. The van der Waals surface area contributed by atoms with Gasteiger partial charge in [-0.25, -0.2) is 0 Å². The first-order chi connectivity index (χ1) is 6.74. The molecule has 0 saturated carbocycles. The lowest BCUT2D eigenvalue weighted by Crippen LogP contribution is -2.22. The average Bonchev–Trinajstić information content (AvgIpc) is 2.63. The summed E-state index contributed by atoms with van der Waals surface area (Å²) in [5, 5.41) is 0. The van der Waals surface area contributed by atoms with Gasteiger partial charge in [0.25, 0.3) is 0 Å². The zero-order valence-corrected chi connectivity index (χ0v) is 8.27. The van der Waals surface area contributed by atoms with Gasteiger partial charge in [0.2, 0.25) is 0 Å². The zero-order valence-electron chi connectivity index (χ0n) is 8.27. The van der Waals surface area contributed by atoms with Gasteiger partial charge in [0.05, 0.1) is 5.60 Å². The van der Waals surface area contributed by atoms with E-state index < -0.39 is 0 Å². The summed E-state index contributed by atoms with van der Waals surface area (Å²) in [6, 6.07) is 10.1. The van der Waals surface area contributed by atoms with Gasteiger partial charge in [0.1, 0.15) is 12.4 Å². The molecule has 1 aromatic carbocycles. The maximum absolute atomic E-state index is 10.6. The highest BCUT2D eigenvalue weighted by molar-refractivity contribution is 5.56. The molecule has 0 aliphatic carbocycles. The standard InChI is InChI=1S/C12H14O2/c1-12(8-7-11(9-13)14-12)10-5-3-2-4-6-10/h2-6,9,11H,7-8H2,1H3. The van der Waals surface area contributed by atoms with Crippen molar-refractivity contribution in [3.8, 4) is 0 Å². The topological polar surface area (TPSA) is 26.3 Å². The molecule has 0 spiro atoms. The predicted octanol–water partition coefficient (Wildman–Crippen LogP) is 2.28. The van der Waals surface area contributed by atoms with Gasteiger partial charge >= 0.3 is 0 Å². The second kappa shape index (κ2) is 3.54. The van der Waals surface area contributed by atoms with Crippen LogP contribution in [0.1, 0.15) is 25.3 Å². The molecule has 0 radical (unpaired) electrons. The van der Waals surface area contributed by atoms with E-state index in [9.17, 15) is 4.79 Å². The number of benzene rings is 1. The monoisotopic (exact) mass is 190 g/mol. The summed E-state index contributed by atoms with van der Waals surface area (Å²) < 4.78 is 5.72. The van der Waals surface area contributed by atoms with Crippen LogP contribution in [0.5, 0.6) is 0 Å². The highest BCUT2D eigenvalue weighted by Gasteiger charge is 2.36. The molecule has 1 heterocycles. The lowest BCUT2D eigenvalue weighted by molar-refractivity contribution is -0.122. The van der Waals surface area contributed by atoms with Crippen molar-refractivity contribution in [2.75, 3.05) is 0 Å². The second-order valence-electron chi connectivity index (χ2n) is 3.93. The van der Waals surface area contributed by atoms with Crippen LogP contribution in [0.25, 0.3) is 0 Å². The Morgan fingerprint density at radius 1 is 1.43 bits per heavy atom. The first-order valence-corrected chi connectivity index (χ1v) is 4.93. The van der Waals surface area contributed by atoms with E-state index in [1.54, 1.807) is 0 Å². The van der Waals surface area contributed by atoms with Gasteiger partial charge in [-0.2, -0.15) is 0 Å². The molecule has 74 valence electrons. The molecule has 1 aliphatic heterocycles. The quantitative estimate of drug-likeness (QED) is 0.669. The Balaban J connectivity index is 2.22. The van der Waals surface area contributed by atoms with E-state index in [1.807, 2.05) is 37.3 Å². The minimum Gasteiger partial charge on any atom is -0.360 e. The maximum Gasteiger partial charge on any atom is 0.148 e. The fraction of sp³-hybridized carbons (Fsp3) is 0.417. The van der Waals surface area contributed by atoms with E-state index in [4.69, 9.17) is 4.74 Å². The molecule has 2 nitrogen and oxygen atoms in total. The SMILES string of the molecule is CC1(c2ccccc2)CCC(C=O)O1. The molecule has 2 atom stereocenters. The smallest absolute Gasteiger partial charge is 0.148 e. The largest absolute Gasteiger partial charge is 0.360 e. The van der Waals surface area contributed by atoms with Gasteiger partial charge in [-0.05, 0) is 25.3 Å². The summed E-state index contributed by atoms with van der Waals surface area (Å²) in [5.74, 6) is 0. The summed E-state index contributed by atoms with van der Waals surface area (Å²) in [6.07, 6.45) is 2.42. The summed E-state index contributed by atoms with van der Waals surface area (Å²) in [5.41, 5.74) is 0.886. The molecular weight excluding hydrogens is 176 g/mol. The van der Waals surface area contributed by atoms with Crippen LogP contribution in [-0.2, 0) is 15.1 Å². The van der Waals surface area contributed by atoms with Crippen LogP contribution >= 0.6 is 0 Å². The highest BCUT2D eigenvalue weighted by atomic mass is 16.5. The van der Waals surface area contributed by atoms with Crippen molar-refractivity contribution in [3.05, 3.63) is 35.9 Å². The van der Waals surface area contributed by atoms with Crippen molar-refractivity contribution in [1.29, 1.82) is 0 Å². The molecular formula is C12H14O2. The molecule has 2 heteroatoms. The van der Waals surface area contributed by atoms with Crippen LogP contribution in [0.3, 0.4) is 0 Å². The van der Waals surface area contributed by atoms with Crippen LogP contribution in [-0.4, -0.2) is 12.4 Å². The molecule has 14 heavy (non-hydrogen) atoms. The predicted molar refractivity (Wildman–Crippen MR) is 54.0 cm³/mol. The van der Waals surface area contributed by atoms with E-state index in [2.05, 4.69) is 0 Å². The Labute approximate surface area is 83.9 Å². The number of rotatable bonds is 2. The number of carbonyl (C=O) groups excluding carboxylic acids is 1. The molecule has 0 bridgehead atoms. The van der Waals surface area contributed by atoms with Gasteiger partial charge in [-0.15, -0.1) is 0 Å². The highest BCUT2D eigenvalue weighted by Crippen LogP contribution is 2.37. The lowest BCUT2D eigenvalue weighted by Gasteiger charge is -2.24. The van der Waals surface area contributed by atoms with Gasteiger partial charge in [-0.1, -0.05) is 30.3 Å². The van der Waals surface area contributed by atoms with Crippen molar-refractivity contribution >= 4 is 6.29 Å². The molecule has 2 rings (SSSR count). The van der Waals surface area contributed by atoms with Crippen LogP contribution < -0.4 is 0 Å². The fourth-order valence-corrected chi connectivity index (χ4v) is 1.97. The third-order valence-electron chi connectivity index (χ3n) is 2.85. The zero-order chi connectivity index (χ0) is 10.0. The molecule has 1 aromatic rings. The first-order valence-electron chi connectivity index (χ1n) is 4.93. The molecule has 0 N–H and O–H groups in total. The van der Waals surface area contributed by atoms with Crippen molar-refractivity contribution < 1.29 is 9.53 Å². The molecule has 1 saturated heterocycles. The summed E-state index contributed by atoms with van der Waals surface area (Å²) >= 11 is 0. The Hall–Kier alpha value is -1.15. The van der Waals surface area contributed by atoms with Crippen LogP contribution in [0.4, 0.5) is 0 Å². The number of aldehydes is 1. The Bertz CT molecular complexity index is 320. The fourth-order valence-electron chi connectivity index (χ4n) is 1.97. The Morgan fingerprint density at radius 2 is 2.14 bits per heavy atom. The van der Waals surface area contributed by atoms with Gasteiger partial charge in [0, 0.05) is 0 Å². The Kier molecular flexibility index (Phi) is 2.38. The molecule has 0 amide bonds. The molecule has 0 aromatic heterocycles. The maximum atomic E-state index is 10.6. The Morgan fingerprint density at radius 3 is 2.71 bits per heavy atom. The van der Waals surface area contributed by atoms with Crippen LogP contribution in [0, 0.1) is 0 Å². The third-order valence-corrected chi connectivity index (χ3v) is 2.85. The minimum atomic E-state index is -0.271. The number of ether oxygens (including phenoxy) is 1. The van der Waals surface area contributed by atoms with E-state index in [1.165, 1.54) is 0 Å². The summed E-state index contributed by atoms with van der Waals surface area (Å²) in [4.78, 5) is 10.6. The van der Waals surface area contributed by atoms with E-state index >= 15 is 0 Å².